The van der Waals surface area contributed by atoms with Gasteiger partial charge in [-0.2, -0.15) is 4.98 Å². The molecule has 8 heteroatoms. The first-order valence-electron chi connectivity index (χ1n) is 10.4. The Bertz CT molecular complexity index is 1270. The molecule has 0 saturated carbocycles. The number of aromatic nitrogens is 5. The number of hydrogen-bond acceptors (Lipinski definition) is 5. The Kier molecular flexibility index (Phi) is 5.18. The first kappa shape index (κ1) is 20.0. The van der Waals surface area contributed by atoms with Gasteiger partial charge in [-0.15, -0.1) is 5.10 Å². The number of nitrogens with one attached hydrogen (secondary N) is 1. The third kappa shape index (κ3) is 3.87. The zero-order valence-electron chi connectivity index (χ0n) is 17.9. The molecule has 2 aromatic carbocycles. The summed E-state index contributed by atoms with van der Waals surface area (Å²) in [6.45, 7) is 2.59. The summed E-state index contributed by atoms with van der Waals surface area (Å²) in [6, 6.07) is 12.4. The minimum absolute atomic E-state index is 0.0128. The number of fused-ring (bicyclic) bond motifs is 1. The van der Waals surface area contributed by atoms with Crippen LogP contribution in [-0.4, -0.2) is 31.4 Å². The molecular weight excluding hydrogens is 407 g/mol. The fourth-order valence-corrected chi connectivity index (χ4v) is 3.94. The van der Waals surface area contributed by atoms with Gasteiger partial charge in [-0.1, -0.05) is 24.3 Å². The molecule has 1 aliphatic heterocycles. The highest BCUT2D eigenvalue weighted by Crippen LogP contribution is 2.32. The molecule has 7 nitrogen and oxygen atoms in total. The number of benzene rings is 2. The van der Waals surface area contributed by atoms with Gasteiger partial charge in [0.25, 0.3) is 0 Å². The number of halogens is 1. The summed E-state index contributed by atoms with van der Waals surface area (Å²) in [7, 11) is 1.64. The largest absolute Gasteiger partial charge is 0.494 e. The second-order valence-corrected chi connectivity index (χ2v) is 7.72. The average molecular weight is 430 g/mol. The summed E-state index contributed by atoms with van der Waals surface area (Å²) in [5, 5.41) is 7.94. The van der Waals surface area contributed by atoms with Crippen molar-refractivity contribution in [2.75, 3.05) is 12.4 Å². The Hall–Kier alpha value is -3.94. The van der Waals surface area contributed by atoms with Gasteiger partial charge >= 0.3 is 0 Å². The van der Waals surface area contributed by atoms with Crippen molar-refractivity contribution >= 4 is 11.6 Å². The van der Waals surface area contributed by atoms with Gasteiger partial charge in [0.05, 0.1) is 31.4 Å². The minimum Gasteiger partial charge on any atom is -0.494 e. The van der Waals surface area contributed by atoms with Gasteiger partial charge in [-0.25, -0.2) is 14.1 Å². The zero-order valence-corrected chi connectivity index (χ0v) is 17.9. The summed E-state index contributed by atoms with van der Waals surface area (Å²) < 4.78 is 22.8. The maximum Gasteiger partial charge on any atom is 0.246 e. The van der Waals surface area contributed by atoms with Crippen molar-refractivity contribution in [3.05, 3.63) is 90.0 Å². The molecule has 0 bridgehead atoms. The molecule has 0 saturated heterocycles. The second-order valence-electron chi connectivity index (χ2n) is 7.72. The van der Waals surface area contributed by atoms with Crippen LogP contribution in [-0.2, 0) is 6.54 Å². The number of anilines is 2. The van der Waals surface area contributed by atoms with Crippen LogP contribution in [0.4, 0.5) is 16.0 Å². The van der Waals surface area contributed by atoms with Crippen molar-refractivity contribution in [2.45, 2.75) is 25.8 Å². The normalized spacial score (nSPS) is 15.3. The molecular formula is C24H23FN6O. The average Bonchev–Trinajstić information content (AvgIpc) is 3.35. The zero-order chi connectivity index (χ0) is 22.1. The quantitative estimate of drug-likeness (QED) is 0.463. The number of allylic oxidation sites excluding steroid dienone is 2. The van der Waals surface area contributed by atoms with Crippen molar-refractivity contribution < 1.29 is 9.13 Å². The summed E-state index contributed by atoms with van der Waals surface area (Å²) in [5.74, 6) is 1.83. The van der Waals surface area contributed by atoms with Crippen molar-refractivity contribution in [2.24, 2.45) is 0 Å². The van der Waals surface area contributed by atoms with Gasteiger partial charge in [-0.3, -0.25) is 0 Å². The highest BCUT2D eigenvalue weighted by Gasteiger charge is 2.23. The predicted octanol–water partition coefficient (Wildman–Crippen LogP) is 4.76. The van der Waals surface area contributed by atoms with Crippen LogP contribution < -0.4 is 10.1 Å². The van der Waals surface area contributed by atoms with Crippen LogP contribution in [0.3, 0.4) is 0 Å². The second kappa shape index (κ2) is 8.30. The van der Waals surface area contributed by atoms with E-state index >= 15 is 0 Å². The lowest BCUT2D eigenvalue weighted by atomic mass is 9.95. The third-order valence-electron chi connectivity index (χ3n) is 5.53. The van der Waals surface area contributed by atoms with Crippen LogP contribution in [0.1, 0.15) is 29.4 Å². The Labute approximate surface area is 185 Å². The monoisotopic (exact) mass is 430 g/mol. The number of nitrogens with zero attached hydrogens (tertiary/aromatic N) is 5. The van der Waals surface area contributed by atoms with E-state index in [1.165, 1.54) is 12.1 Å². The summed E-state index contributed by atoms with van der Waals surface area (Å²) in [4.78, 5) is 9.06. The van der Waals surface area contributed by atoms with Gasteiger partial charge in [0.2, 0.25) is 5.95 Å². The molecule has 0 radical (unpaired) electrons. The van der Waals surface area contributed by atoms with E-state index in [0.29, 0.717) is 18.2 Å². The smallest absolute Gasteiger partial charge is 0.246 e. The van der Waals surface area contributed by atoms with Gasteiger partial charge < -0.3 is 14.6 Å². The number of methoxy groups -OCH3 is 1. The first-order valence-corrected chi connectivity index (χ1v) is 10.4. The standard InChI is InChI=1S/C24H23FN6O/c1-16-14-30(15-26-16)21-11-10-19(13-22(21)32-2)27-24-28-23-20(5-3-4-12-31(23)29-24)17-6-8-18(25)9-7-17/h3-4,6-11,13-15,20H,5,12H2,1-2H3,(H,27,29). The molecule has 0 fully saturated rings. The summed E-state index contributed by atoms with van der Waals surface area (Å²) >= 11 is 0. The van der Waals surface area contributed by atoms with E-state index in [2.05, 4.69) is 27.6 Å². The minimum atomic E-state index is -0.245. The van der Waals surface area contributed by atoms with Gasteiger partial charge in [0, 0.05) is 23.9 Å². The van der Waals surface area contributed by atoms with E-state index in [9.17, 15) is 4.39 Å². The Morgan fingerprint density at radius 2 is 1.97 bits per heavy atom. The Balaban J connectivity index is 1.44. The van der Waals surface area contributed by atoms with Crippen LogP contribution in [0.15, 0.2) is 67.1 Å². The molecule has 32 heavy (non-hydrogen) atoms. The Morgan fingerprint density at radius 3 is 2.72 bits per heavy atom. The first-order chi connectivity index (χ1) is 15.6. The van der Waals surface area contributed by atoms with Crippen LogP contribution in [0, 0.1) is 12.7 Å². The molecule has 0 amide bonds. The fourth-order valence-electron chi connectivity index (χ4n) is 3.94. The van der Waals surface area contributed by atoms with Gasteiger partial charge in [0.15, 0.2) is 0 Å². The molecule has 2 aromatic heterocycles. The lowest BCUT2D eigenvalue weighted by molar-refractivity contribution is 0.413. The maximum atomic E-state index is 13.4. The van der Waals surface area contributed by atoms with Gasteiger partial charge in [-0.05, 0) is 43.2 Å². The summed E-state index contributed by atoms with van der Waals surface area (Å²) in [5.41, 5.74) is 3.66. The predicted molar refractivity (Wildman–Crippen MR) is 120 cm³/mol. The maximum absolute atomic E-state index is 13.4. The van der Waals surface area contributed by atoms with E-state index in [1.54, 1.807) is 13.4 Å². The van der Waals surface area contributed by atoms with E-state index in [0.717, 1.165) is 34.9 Å². The number of ether oxygens (including phenoxy) is 1. The molecule has 1 N–H and O–H groups in total. The molecule has 1 aliphatic rings. The number of aryl methyl sites for hydroxylation is 1. The van der Waals surface area contributed by atoms with E-state index < -0.39 is 0 Å². The number of hydrogen-bond donors (Lipinski definition) is 1. The SMILES string of the molecule is COc1cc(Nc2nc3n(n2)CC=CCC3c2ccc(F)cc2)ccc1-n1cnc(C)c1. The van der Waals surface area contributed by atoms with Crippen molar-refractivity contribution in [1.29, 1.82) is 0 Å². The number of imidazole rings is 1. The summed E-state index contributed by atoms with van der Waals surface area (Å²) in [6.07, 6.45) is 8.70. The lowest BCUT2D eigenvalue weighted by Crippen LogP contribution is -2.08. The molecule has 162 valence electrons. The molecule has 1 atom stereocenters. The molecule has 3 heterocycles. The molecule has 1 unspecified atom stereocenters. The highest BCUT2D eigenvalue weighted by molar-refractivity contribution is 5.62. The molecule has 0 spiro atoms. The van der Waals surface area contributed by atoms with Crippen molar-refractivity contribution in [3.8, 4) is 11.4 Å². The van der Waals surface area contributed by atoms with Crippen LogP contribution in [0.5, 0.6) is 5.75 Å². The molecule has 4 aromatic rings. The molecule has 5 rings (SSSR count). The van der Waals surface area contributed by atoms with Crippen LogP contribution >= 0.6 is 0 Å². The van der Waals surface area contributed by atoms with Crippen molar-refractivity contribution in [3.63, 3.8) is 0 Å². The van der Waals surface area contributed by atoms with Crippen LogP contribution in [0.2, 0.25) is 0 Å². The van der Waals surface area contributed by atoms with E-state index in [-0.39, 0.29) is 11.7 Å². The molecule has 0 aliphatic carbocycles. The topological polar surface area (TPSA) is 69.8 Å². The van der Waals surface area contributed by atoms with Crippen LogP contribution in [0.25, 0.3) is 5.69 Å². The van der Waals surface area contributed by atoms with E-state index in [4.69, 9.17) is 9.72 Å². The van der Waals surface area contributed by atoms with Gasteiger partial charge in [0.1, 0.15) is 17.4 Å². The third-order valence-corrected chi connectivity index (χ3v) is 5.53. The van der Waals surface area contributed by atoms with Crippen molar-refractivity contribution in [1.82, 2.24) is 24.3 Å². The van der Waals surface area contributed by atoms with E-state index in [1.807, 2.05) is 52.7 Å². The highest BCUT2D eigenvalue weighted by atomic mass is 19.1. The lowest BCUT2D eigenvalue weighted by Gasteiger charge is -2.13. The Morgan fingerprint density at radius 1 is 1.12 bits per heavy atom. The fraction of sp³-hybridized carbons (Fsp3) is 0.208. The number of rotatable bonds is 5.